The summed E-state index contributed by atoms with van der Waals surface area (Å²) in [6.07, 6.45) is -0.422. The molecule has 0 aromatic heterocycles. The molecule has 1 heterocycles. The van der Waals surface area contributed by atoms with Crippen molar-refractivity contribution in [2.24, 2.45) is 5.92 Å². The van der Waals surface area contributed by atoms with Crippen molar-refractivity contribution in [1.82, 2.24) is 5.32 Å². The van der Waals surface area contributed by atoms with Crippen LogP contribution in [0.15, 0.2) is 0 Å². The fraction of sp³-hybridized carbons (Fsp3) is 0.857. The molecule has 0 aromatic carbocycles. The van der Waals surface area contributed by atoms with Crippen LogP contribution in [0.3, 0.4) is 0 Å². The maximum absolute atomic E-state index is 10.7. The average molecular weight is 178 g/mol. The summed E-state index contributed by atoms with van der Waals surface area (Å²) in [4.78, 5) is 10.7. The molecule has 1 saturated heterocycles. The molecule has 2 atom stereocenters. The lowest BCUT2D eigenvalue weighted by Crippen LogP contribution is -2.35. The van der Waals surface area contributed by atoms with E-state index in [1.807, 2.05) is 13.8 Å². The zero-order chi connectivity index (χ0) is 8.43. The highest BCUT2D eigenvalue weighted by atomic mass is 35.5. The summed E-state index contributed by atoms with van der Waals surface area (Å²) in [7, 11) is 0. The van der Waals surface area contributed by atoms with Crippen molar-refractivity contribution in [2.75, 3.05) is 5.88 Å². The second kappa shape index (κ2) is 3.30. The molecule has 0 aromatic rings. The van der Waals surface area contributed by atoms with E-state index in [1.54, 1.807) is 0 Å². The van der Waals surface area contributed by atoms with E-state index >= 15 is 0 Å². The molecule has 1 fully saturated rings. The predicted octanol–water partition coefficient (Wildman–Crippen LogP) is 1.36. The van der Waals surface area contributed by atoms with Crippen molar-refractivity contribution in [3.63, 3.8) is 0 Å². The number of halogens is 1. The van der Waals surface area contributed by atoms with E-state index in [1.165, 1.54) is 0 Å². The van der Waals surface area contributed by atoms with Gasteiger partial charge in [0, 0.05) is 5.88 Å². The highest BCUT2D eigenvalue weighted by Crippen LogP contribution is 2.17. The number of alkyl carbamates (subject to hydrolysis) is 1. The van der Waals surface area contributed by atoms with Gasteiger partial charge in [-0.05, 0) is 5.92 Å². The van der Waals surface area contributed by atoms with Crippen LogP contribution in [-0.4, -0.2) is 24.1 Å². The normalized spacial score (nSPS) is 30.4. The number of amides is 1. The molecule has 0 saturated carbocycles. The first-order valence-electron chi connectivity index (χ1n) is 3.68. The quantitative estimate of drug-likeness (QED) is 0.647. The molecular weight excluding hydrogens is 166 g/mol. The molecule has 1 N–H and O–H groups in total. The van der Waals surface area contributed by atoms with Gasteiger partial charge in [0.1, 0.15) is 6.10 Å². The number of carbonyl (C=O) groups excluding carboxylic acids is 1. The van der Waals surface area contributed by atoms with Crippen molar-refractivity contribution in [1.29, 1.82) is 0 Å². The van der Waals surface area contributed by atoms with Crippen LogP contribution in [0.1, 0.15) is 13.8 Å². The van der Waals surface area contributed by atoms with E-state index in [0.29, 0.717) is 11.8 Å². The van der Waals surface area contributed by atoms with Gasteiger partial charge in [0.15, 0.2) is 0 Å². The van der Waals surface area contributed by atoms with E-state index < -0.39 is 0 Å². The first-order valence-corrected chi connectivity index (χ1v) is 4.21. The molecule has 1 aliphatic rings. The number of nitrogens with one attached hydrogen (secondary N) is 1. The number of hydrogen-bond donors (Lipinski definition) is 1. The second-order valence-electron chi connectivity index (χ2n) is 3.02. The maximum atomic E-state index is 10.7. The number of cyclic esters (lactones) is 1. The Morgan fingerprint density at radius 3 is 2.73 bits per heavy atom. The number of ether oxygens (including phenoxy) is 1. The molecule has 1 amide bonds. The molecular formula is C7H12ClNO2. The number of rotatable bonds is 2. The highest BCUT2D eigenvalue weighted by Gasteiger charge is 2.35. The summed E-state index contributed by atoms with van der Waals surface area (Å²) >= 11 is 5.62. The molecule has 0 aliphatic carbocycles. The molecule has 1 rings (SSSR count). The van der Waals surface area contributed by atoms with Crippen LogP contribution in [-0.2, 0) is 4.74 Å². The standard InChI is InChI=1S/C7H12ClNO2/c1-4(2)6-5(3-8)9-7(10)11-6/h4-6H,3H2,1-2H3,(H,9,10)/t5-,6+/m1/s1. The molecule has 0 unspecified atom stereocenters. The topological polar surface area (TPSA) is 38.3 Å². The summed E-state index contributed by atoms with van der Waals surface area (Å²) in [5.74, 6) is 0.729. The third-order valence-electron chi connectivity index (χ3n) is 1.77. The lowest BCUT2D eigenvalue weighted by molar-refractivity contribution is 0.105. The second-order valence-corrected chi connectivity index (χ2v) is 3.33. The Labute approximate surface area is 71.1 Å². The van der Waals surface area contributed by atoms with Gasteiger partial charge in [0.05, 0.1) is 6.04 Å². The monoisotopic (exact) mass is 177 g/mol. The summed E-state index contributed by atoms with van der Waals surface area (Å²) in [6.45, 7) is 4.01. The van der Waals surface area contributed by atoms with Gasteiger partial charge in [-0.3, -0.25) is 0 Å². The SMILES string of the molecule is CC(C)[C@@H]1OC(=O)N[C@@H]1CCl. The fourth-order valence-electron chi connectivity index (χ4n) is 1.20. The Bertz CT molecular complexity index is 161. The summed E-state index contributed by atoms with van der Waals surface area (Å²) in [5, 5.41) is 2.64. The van der Waals surface area contributed by atoms with Gasteiger partial charge < -0.3 is 10.1 Å². The van der Waals surface area contributed by atoms with Gasteiger partial charge in [-0.2, -0.15) is 0 Å². The number of hydrogen-bond acceptors (Lipinski definition) is 2. The van der Waals surface area contributed by atoms with Gasteiger partial charge in [-0.25, -0.2) is 4.79 Å². The highest BCUT2D eigenvalue weighted by molar-refractivity contribution is 6.18. The van der Waals surface area contributed by atoms with E-state index in [4.69, 9.17) is 16.3 Å². The smallest absolute Gasteiger partial charge is 0.407 e. The van der Waals surface area contributed by atoms with Crippen LogP contribution in [0.25, 0.3) is 0 Å². The van der Waals surface area contributed by atoms with Gasteiger partial charge >= 0.3 is 6.09 Å². The van der Waals surface area contributed by atoms with E-state index in [-0.39, 0.29) is 18.2 Å². The Morgan fingerprint density at radius 2 is 2.36 bits per heavy atom. The lowest BCUT2D eigenvalue weighted by Gasteiger charge is -2.17. The number of carbonyl (C=O) groups is 1. The van der Waals surface area contributed by atoms with Crippen molar-refractivity contribution in [3.8, 4) is 0 Å². The minimum absolute atomic E-state index is 0.0239. The maximum Gasteiger partial charge on any atom is 0.407 e. The third-order valence-corrected chi connectivity index (χ3v) is 2.10. The lowest BCUT2D eigenvalue weighted by atomic mass is 10.0. The van der Waals surface area contributed by atoms with Crippen LogP contribution in [0.2, 0.25) is 0 Å². The van der Waals surface area contributed by atoms with Crippen LogP contribution in [0.4, 0.5) is 4.79 Å². The predicted molar refractivity (Wildman–Crippen MR) is 42.8 cm³/mol. The summed E-state index contributed by atoms with van der Waals surface area (Å²) < 4.78 is 4.99. The minimum atomic E-state index is -0.352. The van der Waals surface area contributed by atoms with E-state index in [0.717, 1.165) is 0 Å². The first-order chi connectivity index (χ1) is 5.15. The zero-order valence-corrected chi connectivity index (χ0v) is 7.39. The van der Waals surface area contributed by atoms with Crippen LogP contribution in [0.5, 0.6) is 0 Å². The van der Waals surface area contributed by atoms with E-state index in [9.17, 15) is 4.79 Å². The van der Waals surface area contributed by atoms with Gasteiger partial charge in [0.25, 0.3) is 0 Å². The minimum Gasteiger partial charge on any atom is -0.444 e. The Kier molecular flexibility index (Phi) is 2.60. The van der Waals surface area contributed by atoms with Crippen molar-refractivity contribution < 1.29 is 9.53 Å². The zero-order valence-electron chi connectivity index (χ0n) is 6.63. The van der Waals surface area contributed by atoms with Crippen molar-refractivity contribution in [2.45, 2.75) is 26.0 Å². The fourth-order valence-corrected chi connectivity index (χ4v) is 1.45. The summed E-state index contributed by atoms with van der Waals surface area (Å²) in [5.41, 5.74) is 0. The molecule has 4 heteroatoms. The van der Waals surface area contributed by atoms with Gasteiger partial charge in [0.2, 0.25) is 0 Å². The number of alkyl halides is 1. The molecule has 3 nitrogen and oxygen atoms in total. The molecule has 0 radical (unpaired) electrons. The van der Waals surface area contributed by atoms with Crippen LogP contribution < -0.4 is 5.32 Å². The molecule has 0 bridgehead atoms. The Balaban J connectivity index is 2.57. The van der Waals surface area contributed by atoms with Crippen molar-refractivity contribution in [3.05, 3.63) is 0 Å². The average Bonchev–Trinajstić information content (AvgIpc) is 2.30. The molecule has 64 valence electrons. The molecule has 0 spiro atoms. The largest absolute Gasteiger partial charge is 0.444 e. The Hall–Kier alpha value is -0.440. The van der Waals surface area contributed by atoms with Crippen molar-refractivity contribution >= 4 is 17.7 Å². The Morgan fingerprint density at radius 1 is 1.73 bits per heavy atom. The summed E-state index contributed by atoms with van der Waals surface area (Å²) in [6, 6.07) is -0.0239. The molecule has 1 aliphatic heterocycles. The first kappa shape index (κ1) is 8.65. The van der Waals surface area contributed by atoms with E-state index in [2.05, 4.69) is 5.32 Å². The van der Waals surface area contributed by atoms with Gasteiger partial charge in [-0.15, -0.1) is 11.6 Å². The van der Waals surface area contributed by atoms with Gasteiger partial charge in [-0.1, -0.05) is 13.8 Å². The molecule has 11 heavy (non-hydrogen) atoms. The third kappa shape index (κ3) is 1.77. The van der Waals surface area contributed by atoms with Crippen LogP contribution in [0, 0.1) is 5.92 Å². The van der Waals surface area contributed by atoms with Crippen LogP contribution >= 0.6 is 11.6 Å².